The minimum atomic E-state index is 0.255. The molecule has 0 aliphatic heterocycles. The Kier molecular flexibility index (Phi) is 4.88. The number of nitrogens with one attached hydrogen (secondary N) is 1. The molecular formula is C11H10Br3NS2. The molecule has 1 atom stereocenters. The molecule has 2 rings (SSSR count). The van der Waals surface area contributed by atoms with Gasteiger partial charge in [-0.05, 0) is 79.5 Å². The fraction of sp³-hybridized carbons (Fsp3) is 0.273. The summed E-state index contributed by atoms with van der Waals surface area (Å²) in [4.78, 5) is 2.65. The van der Waals surface area contributed by atoms with Crippen molar-refractivity contribution in [3.63, 3.8) is 0 Å². The first kappa shape index (κ1) is 14.2. The Morgan fingerprint density at radius 1 is 1.18 bits per heavy atom. The summed E-state index contributed by atoms with van der Waals surface area (Å²) in [6.07, 6.45) is 0. The molecule has 1 unspecified atom stereocenters. The van der Waals surface area contributed by atoms with Crippen molar-refractivity contribution in [1.29, 1.82) is 0 Å². The van der Waals surface area contributed by atoms with Gasteiger partial charge in [-0.1, -0.05) is 0 Å². The molecule has 0 aromatic carbocycles. The predicted octanol–water partition coefficient (Wildman–Crippen LogP) is 5.71. The van der Waals surface area contributed by atoms with Crippen molar-refractivity contribution in [3.05, 3.63) is 39.5 Å². The largest absolute Gasteiger partial charge is 0.309 e. The van der Waals surface area contributed by atoms with Gasteiger partial charge in [0.1, 0.15) is 0 Å². The number of halogens is 3. The van der Waals surface area contributed by atoms with Crippen molar-refractivity contribution in [2.45, 2.75) is 13.0 Å². The Morgan fingerprint density at radius 3 is 2.29 bits per heavy atom. The fourth-order valence-electron chi connectivity index (χ4n) is 1.70. The molecular weight excluding hydrogens is 450 g/mol. The Balaban J connectivity index is 2.43. The highest BCUT2D eigenvalue weighted by Crippen LogP contribution is 2.40. The third kappa shape index (κ3) is 3.04. The molecule has 0 fully saturated rings. The van der Waals surface area contributed by atoms with E-state index in [1.807, 2.05) is 7.05 Å². The molecule has 0 aliphatic rings. The van der Waals surface area contributed by atoms with Crippen LogP contribution in [-0.2, 0) is 0 Å². The van der Waals surface area contributed by atoms with Crippen molar-refractivity contribution in [2.24, 2.45) is 0 Å². The third-order valence-corrected chi connectivity index (χ3v) is 7.36. The molecule has 1 nitrogen and oxygen atoms in total. The van der Waals surface area contributed by atoms with Crippen molar-refractivity contribution >= 4 is 70.5 Å². The summed E-state index contributed by atoms with van der Waals surface area (Å²) >= 11 is 14.2. The summed E-state index contributed by atoms with van der Waals surface area (Å²) in [6.45, 7) is 2.16. The predicted molar refractivity (Wildman–Crippen MR) is 87.4 cm³/mol. The second-order valence-corrected chi connectivity index (χ2v) is 9.45. The van der Waals surface area contributed by atoms with Crippen molar-refractivity contribution in [2.75, 3.05) is 7.05 Å². The van der Waals surface area contributed by atoms with E-state index in [1.54, 1.807) is 22.7 Å². The van der Waals surface area contributed by atoms with Gasteiger partial charge in [-0.2, -0.15) is 0 Å². The SMILES string of the molecule is CNC(c1cc(Br)c(Br)s1)c1cc(Br)sc1C. The molecule has 2 aromatic heterocycles. The fourth-order valence-corrected chi connectivity index (χ4v) is 5.67. The first-order valence-corrected chi connectivity index (χ1v) is 8.92. The lowest BCUT2D eigenvalue weighted by atomic mass is 10.1. The number of aryl methyl sites for hydroxylation is 1. The van der Waals surface area contributed by atoms with Crippen LogP contribution in [-0.4, -0.2) is 7.05 Å². The van der Waals surface area contributed by atoms with Gasteiger partial charge in [-0.25, -0.2) is 0 Å². The van der Waals surface area contributed by atoms with Gasteiger partial charge in [-0.3, -0.25) is 0 Å². The summed E-state index contributed by atoms with van der Waals surface area (Å²) in [7, 11) is 2.00. The molecule has 2 heterocycles. The van der Waals surface area contributed by atoms with E-state index in [1.165, 1.54) is 19.1 Å². The number of hydrogen-bond acceptors (Lipinski definition) is 3. The lowest BCUT2D eigenvalue weighted by molar-refractivity contribution is 0.702. The van der Waals surface area contributed by atoms with E-state index in [0.717, 1.165) is 8.26 Å². The van der Waals surface area contributed by atoms with Gasteiger partial charge >= 0.3 is 0 Å². The molecule has 0 radical (unpaired) electrons. The van der Waals surface area contributed by atoms with Crippen LogP contribution in [0.1, 0.15) is 21.4 Å². The van der Waals surface area contributed by atoms with Crippen molar-refractivity contribution in [3.8, 4) is 0 Å². The molecule has 0 saturated heterocycles. The molecule has 2 aromatic rings. The first-order chi connectivity index (χ1) is 8.02. The summed E-state index contributed by atoms with van der Waals surface area (Å²) < 4.78 is 3.43. The Hall–Kier alpha value is 0.800. The Bertz CT molecular complexity index is 513. The second kappa shape index (κ2) is 5.84. The first-order valence-electron chi connectivity index (χ1n) is 4.90. The molecule has 92 valence electrons. The quantitative estimate of drug-likeness (QED) is 0.619. The van der Waals surface area contributed by atoms with Crippen LogP contribution < -0.4 is 5.32 Å². The zero-order chi connectivity index (χ0) is 12.6. The average Bonchev–Trinajstić information content (AvgIpc) is 2.74. The zero-order valence-electron chi connectivity index (χ0n) is 9.18. The Morgan fingerprint density at radius 2 is 1.88 bits per heavy atom. The highest BCUT2D eigenvalue weighted by molar-refractivity contribution is 9.13. The van der Waals surface area contributed by atoms with E-state index >= 15 is 0 Å². The monoisotopic (exact) mass is 457 g/mol. The van der Waals surface area contributed by atoms with Gasteiger partial charge < -0.3 is 5.32 Å². The standard InChI is InChI=1S/C11H10Br3NS2/c1-5-6(3-9(13)16-5)10(15-2)8-4-7(12)11(14)17-8/h3-4,10,15H,1-2H3. The minimum Gasteiger partial charge on any atom is -0.309 e. The maximum absolute atomic E-state index is 3.55. The van der Waals surface area contributed by atoms with Gasteiger partial charge in [0.15, 0.2) is 0 Å². The number of hydrogen-bond donors (Lipinski definition) is 1. The average molecular weight is 460 g/mol. The zero-order valence-corrected chi connectivity index (χ0v) is 15.6. The number of thiophene rings is 2. The normalized spacial score (nSPS) is 13.0. The van der Waals surface area contributed by atoms with Crippen LogP contribution in [0, 0.1) is 6.92 Å². The van der Waals surface area contributed by atoms with E-state index in [2.05, 4.69) is 72.2 Å². The van der Waals surface area contributed by atoms with Gasteiger partial charge in [0, 0.05) is 14.2 Å². The summed E-state index contributed by atoms with van der Waals surface area (Å²) in [6, 6.07) is 4.62. The molecule has 0 bridgehead atoms. The topological polar surface area (TPSA) is 12.0 Å². The molecule has 0 aliphatic carbocycles. The lowest BCUT2D eigenvalue weighted by Crippen LogP contribution is -2.16. The third-order valence-electron chi connectivity index (χ3n) is 2.47. The molecule has 1 N–H and O–H groups in total. The lowest BCUT2D eigenvalue weighted by Gasteiger charge is -2.14. The summed E-state index contributed by atoms with van der Waals surface area (Å²) in [5.41, 5.74) is 1.34. The van der Waals surface area contributed by atoms with Gasteiger partial charge in [0.25, 0.3) is 0 Å². The van der Waals surface area contributed by atoms with Crippen LogP contribution in [0.25, 0.3) is 0 Å². The molecule has 0 amide bonds. The highest BCUT2D eigenvalue weighted by Gasteiger charge is 2.19. The molecule has 6 heteroatoms. The molecule has 0 saturated carbocycles. The van der Waals surface area contributed by atoms with E-state index in [0.29, 0.717) is 0 Å². The second-order valence-electron chi connectivity index (χ2n) is 3.55. The molecule has 17 heavy (non-hydrogen) atoms. The summed E-state index contributed by atoms with van der Waals surface area (Å²) in [5, 5.41) is 3.38. The van der Waals surface area contributed by atoms with E-state index < -0.39 is 0 Å². The van der Waals surface area contributed by atoms with E-state index in [4.69, 9.17) is 0 Å². The summed E-state index contributed by atoms with van der Waals surface area (Å²) in [5.74, 6) is 0. The van der Waals surface area contributed by atoms with Gasteiger partial charge in [0.2, 0.25) is 0 Å². The Labute approximate surface area is 134 Å². The van der Waals surface area contributed by atoms with Crippen LogP contribution in [0.2, 0.25) is 0 Å². The van der Waals surface area contributed by atoms with E-state index in [-0.39, 0.29) is 6.04 Å². The van der Waals surface area contributed by atoms with Crippen LogP contribution in [0.4, 0.5) is 0 Å². The maximum Gasteiger partial charge on any atom is 0.0843 e. The van der Waals surface area contributed by atoms with Crippen LogP contribution in [0.3, 0.4) is 0 Å². The van der Waals surface area contributed by atoms with Crippen LogP contribution in [0.15, 0.2) is 24.2 Å². The molecule has 0 spiro atoms. The van der Waals surface area contributed by atoms with Gasteiger partial charge in [0.05, 0.1) is 13.6 Å². The maximum atomic E-state index is 3.55. The minimum absolute atomic E-state index is 0.255. The van der Waals surface area contributed by atoms with Crippen molar-refractivity contribution in [1.82, 2.24) is 5.32 Å². The highest BCUT2D eigenvalue weighted by atomic mass is 79.9. The van der Waals surface area contributed by atoms with Crippen molar-refractivity contribution < 1.29 is 0 Å². The number of rotatable bonds is 3. The van der Waals surface area contributed by atoms with Crippen LogP contribution in [0.5, 0.6) is 0 Å². The van der Waals surface area contributed by atoms with Gasteiger partial charge in [-0.15, -0.1) is 22.7 Å². The smallest absolute Gasteiger partial charge is 0.0843 e. The van der Waals surface area contributed by atoms with Crippen LogP contribution >= 0.6 is 70.5 Å². The van der Waals surface area contributed by atoms with E-state index in [9.17, 15) is 0 Å².